The molecule has 1 aliphatic rings. The molecule has 3 rings (SSSR count). The summed E-state index contributed by atoms with van der Waals surface area (Å²) >= 11 is 3.45. The van der Waals surface area contributed by atoms with Gasteiger partial charge in [0.05, 0.1) is 18.4 Å². The molecule has 0 aromatic carbocycles. The van der Waals surface area contributed by atoms with Gasteiger partial charge in [0.15, 0.2) is 0 Å². The van der Waals surface area contributed by atoms with E-state index in [1.165, 1.54) is 4.88 Å². The van der Waals surface area contributed by atoms with E-state index in [1.54, 1.807) is 18.4 Å². The first-order valence-corrected chi connectivity index (χ1v) is 9.45. The van der Waals surface area contributed by atoms with Crippen LogP contribution >= 0.6 is 23.1 Å². The van der Waals surface area contributed by atoms with Gasteiger partial charge < -0.3 is 15.0 Å². The Morgan fingerprint density at radius 2 is 2.35 bits per heavy atom. The van der Waals surface area contributed by atoms with Crippen LogP contribution in [0.1, 0.15) is 23.2 Å². The number of thiophene rings is 1. The lowest BCUT2D eigenvalue weighted by atomic mass is 10.1. The van der Waals surface area contributed by atoms with Crippen molar-refractivity contribution in [3.8, 4) is 0 Å². The maximum Gasteiger partial charge on any atom is 0.259 e. The lowest BCUT2D eigenvalue weighted by Crippen LogP contribution is -2.37. The number of aryl methyl sites for hydroxylation is 1. The molecule has 1 amide bonds. The van der Waals surface area contributed by atoms with E-state index in [2.05, 4.69) is 15.3 Å². The van der Waals surface area contributed by atoms with Crippen LogP contribution in [0, 0.1) is 0 Å². The number of methoxy groups -OCH3 is 1. The van der Waals surface area contributed by atoms with Gasteiger partial charge in [-0.15, -0.1) is 11.3 Å². The maximum absolute atomic E-state index is 12.4. The van der Waals surface area contributed by atoms with E-state index in [0.29, 0.717) is 17.8 Å². The molecule has 1 atom stereocenters. The highest BCUT2D eigenvalue weighted by Gasteiger charge is 2.20. The van der Waals surface area contributed by atoms with Crippen LogP contribution in [0.5, 0.6) is 0 Å². The van der Waals surface area contributed by atoms with Gasteiger partial charge in [-0.2, -0.15) is 11.8 Å². The van der Waals surface area contributed by atoms with Crippen LogP contribution in [0.3, 0.4) is 0 Å². The normalized spacial score (nSPS) is 15.4. The standard InChI is InChI=1S/C15H19N3O3S2/c1-8(6-21-2)16-12(19)5-11-17-14(20)13-9-3-4-22-7-10(9)23-15(13)18-11/h8H,3-7H2,1-2H3,(H,16,19)(H,17,18,20). The molecule has 0 saturated carbocycles. The van der Waals surface area contributed by atoms with Crippen LogP contribution in [-0.4, -0.2) is 41.4 Å². The second-order valence-electron chi connectivity index (χ2n) is 5.60. The summed E-state index contributed by atoms with van der Waals surface area (Å²) in [6.07, 6.45) is 0.982. The van der Waals surface area contributed by atoms with Crippen molar-refractivity contribution in [3.63, 3.8) is 0 Å². The molecule has 0 radical (unpaired) electrons. The molecule has 0 aliphatic carbocycles. The molecule has 3 heterocycles. The fourth-order valence-corrected chi connectivity index (χ4v) is 5.10. The Morgan fingerprint density at radius 1 is 1.52 bits per heavy atom. The summed E-state index contributed by atoms with van der Waals surface area (Å²) in [7, 11) is 1.59. The van der Waals surface area contributed by atoms with Crippen molar-refractivity contribution in [2.75, 3.05) is 19.5 Å². The molecule has 2 N–H and O–H groups in total. The number of fused-ring (bicyclic) bond motifs is 3. The van der Waals surface area contributed by atoms with Crippen LogP contribution in [-0.2, 0) is 28.1 Å². The fourth-order valence-electron chi connectivity index (χ4n) is 2.73. The molecule has 23 heavy (non-hydrogen) atoms. The highest BCUT2D eigenvalue weighted by molar-refractivity contribution is 7.98. The molecule has 0 spiro atoms. The molecule has 1 unspecified atom stereocenters. The average molecular weight is 353 g/mol. The van der Waals surface area contributed by atoms with Gasteiger partial charge in [0.25, 0.3) is 5.56 Å². The number of carbonyl (C=O) groups is 1. The molecule has 0 saturated heterocycles. The van der Waals surface area contributed by atoms with Gasteiger partial charge >= 0.3 is 0 Å². The Morgan fingerprint density at radius 3 is 3.13 bits per heavy atom. The third kappa shape index (κ3) is 3.59. The van der Waals surface area contributed by atoms with Crippen molar-refractivity contribution in [1.29, 1.82) is 0 Å². The lowest BCUT2D eigenvalue weighted by molar-refractivity contribution is -0.121. The molecule has 6 nitrogen and oxygen atoms in total. The van der Waals surface area contributed by atoms with Crippen molar-refractivity contribution in [2.45, 2.75) is 31.6 Å². The van der Waals surface area contributed by atoms with Crippen molar-refractivity contribution in [3.05, 3.63) is 26.6 Å². The molecule has 2 aromatic heterocycles. The van der Waals surface area contributed by atoms with Gasteiger partial charge in [0.2, 0.25) is 5.91 Å². The van der Waals surface area contributed by atoms with Gasteiger partial charge in [-0.25, -0.2) is 4.98 Å². The lowest BCUT2D eigenvalue weighted by Gasteiger charge is -2.12. The molecule has 2 aromatic rings. The van der Waals surface area contributed by atoms with Gasteiger partial charge in [0, 0.05) is 23.8 Å². The van der Waals surface area contributed by atoms with Crippen molar-refractivity contribution < 1.29 is 9.53 Å². The zero-order valence-corrected chi connectivity index (χ0v) is 14.7. The molecule has 0 fully saturated rings. The Kier molecular flexibility index (Phi) is 5.03. The highest BCUT2D eigenvalue weighted by atomic mass is 32.2. The summed E-state index contributed by atoms with van der Waals surface area (Å²) in [4.78, 5) is 33.6. The van der Waals surface area contributed by atoms with Gasteiger partial charge in [0.1, 0.15) is 10.7 Å². The van der Waals surface area contributed by atoms with Crippen LogP contribution < -0.4 is 10.9 Å². The third-order valence-corrected chi connectivity index (χ3v) is 5.97. The summed E-state index contributed by atoms with van der Waals surface area (Å²) in [6, 6.07) is -0.0750. The number of nitrogens with zero attached hydrogens (tertiary/aromatic N) is 1. The predicted octanol–water partition coefficient (Wildman–Crippen LogP) is 1.47. The molecule has 0 bridgehead atoms. The minimum Gasteiger partial charge on any atom is -0.383 e. The number of ether oxygens (including phenoxy) is 1. The zero-order valence-electron chi connectivity index (χ0n) is 13.1. The second kappa shape index (κ2) is 7.02. The number of nitrogens with one attached hydrogen (secondary N) is 2. The smallest absolute Gasteiger partial charge is 0.259 e. The van der Waals surface area contributed by atoms with Crippen LogP contribution in [0.25, 0.3) is 10.2 Å². The summed E-state index contributed by atoms with van der Waals surface area (Å²) in [5, 5.41) is 3.53. The minimum absolute atomic E-state index is 0.0660. The first-order valence-electron chi connectivity index (χ1n) is 7.48. The highest BCUT2D eigenvalue weighted by Crippen LogP contribution is 2.35. The quantitative estimate of drug-likeness (QED) is 0.850. The fraction of sp³-hybridized carbons (Fsp3) is 0.533. The van der Waals surface area contributed by atoms with Crippen LogP contribution in [0.15, 0.2) is 4.79 Å². The van der Waals surface area contributed by atoms with E-state index in [1.807, 2.05) is 18.7 Å². The number of aromatic amines is 1. The number of aromatic nitrogens is 2. The summed E-state index contributed by atoms with van der Waals surface area (Å²) in [6.45, 7) is 2.32. The predicted molar refractivity (Wildman–Crippen MR) is 93.3 cm³/mol. The van der Waals surface area contributed by atoms with Crippen LogP contribution in [0.4, 0.5) is 0 Å². The Balaban J connectivity index is 1.83. The number of H-pyrrole nitrogens is 1. The number of amides is 1. The van der Waals surface area contributed by atoms with E-state index in [4.69, 9.17) is 4.74 Å². The maximum atomic E-state index is 12.4. The number of thioether (sulfide) groups is 1. The first-order chi connectivity index (χ1) is 11.1. The number of hydrogen-bond acceptors (Lipinski definition) is 6. The second-order valence-corrected chi connectivity index (χ2v) is 7.79. The van der Waals surface area contributed by atoms with E-state index in [0.717, 1.165) is 28.3 Å². The van der Waals surface area contributed by atoms with E-state index in [-0.39, 0.29) is 23.9 Å². The molecule has 1 aliphatic heterocycles. The van der Waals surface area contributed by atoms with E-state index in [9.17, 15) is 9.59 Å². The SMILES string of the molecule is COCC(C)NC(=O)Cc1nc2sc3c(c2c(=O)[nH]1)CCSC3. The Hall–Kier alpha value is -1.38. The van der Waals surface area contributed by atoms with Crippen molar-refractivity contribution >= 4 is 39.2 Å². The molecular formula is C15H19N3O3S2. The largest absolute Gasteiger partial charge is 0.383 e. The third-order valence-electron chi connectivity index (χ3n) is 3.68. The number of rotatable bonds is 5. The molecule has 8 heteroatoms. The summed E-state index contributed by atoms with van der Waals surface area (Å²) < 4.78 is 4.99. The van der Waals surface area contributed by atoms with Gasteiger partial charge in [-0.3, -0.25) is 9.59 Å². The van der Waals surface area contributed by atoms with E-state index >= 15 is 0 Å². The number of carbonyl (C=O) groups excluding carboxylic acids is 1. The van der Waals surface area contributed by atoms with Crippen LogP contribution in [0.2, 0.25) is 0 Å². The van der Waals surface area contributed by atoms with E-state index < -0.39 is 0 Å². The monoisotopic (exact) mass is 353 g/mol. The topological polar surface area (TPSA) is 84.1 Å². The first kappa shape index (κ1) is 16.5. The summed E-state index contributed by atoms with van der Waals surface area (Å²) in [5.74, 6) is 2.23. The van der Waals surface area contributed by atoms with Gasteiger partial charge in [-0.05, 0) is 24.7 Å². The van der Waals surface area contributed by atoms with Crippen molar-refractivity contribution in [1.82, 2.24) is 15.3 Å². The summed E-state index contributed by atoms with van der Waals surface area (Å²) in [5.41, 5.74) is 1.01. The zero-order chi connectivity index (χ0) is 16.4. The molecule has 124 valence electrons. The Labute approximate surface area is 142 Å². The molecular weight excluding hydrogens is 334 g/mol. The van der Waals surface area contributed by atoms with Gasteiger partial charge in [-0.1, -0.05) is 0 Å². The Bertz CT molecular complexity index is 784. The number of hydrogen-bond donors (Lipinski definition) is 2. The minimum atomic E-state index is -0.172. The average Bonchev–Trinajstić information content (AvgIpc) is 2.85. The van der Waals surface area contributed by atoms with Crippen molar-refractivity contribution in [2.24, 2.45) is 0 Å².